The molecule has 2 N–H and O–H groups in total. The standard InChI is InChI=1S/C26H29NO3S/c1-18(2)16-19-11-13-20(14-12-19)24(22-10-7-15-31-22)27-23(28)17-26(3,25(29)30)21-8-5-4-6-9-21/h4-15,18,24H,16-17H2,1-3H3,(H,27,28)(H,29,30). The number of hydrogen-bond donors (Lipinski definition) is 2. The highest BCUT2D eigenvalue weighted by Gasteiger charge is 2.38. The molecule has 31 heavy (non-hydrogen) atoms. The van der Waals surface area contributed by atoms with Crippen molar-refractivity contribution in [3.63, 3.8) is 0 Å². The van der Waals surface area contributed by atoms with Gasteiger partial charge in [0.05, 0.1) is 11.5 Å². The Hall–Kier alpha value is -2.92. The molecule has 162 valence electrons. The Morgan fingerprint density at radius 2 is 1.68 bits per heavy atom. The number of carbonyl (C=O) groups is 2. The highest BCUT2D eigenvalue weighted by atomic mass is 32.1. The molecule has 2 atom stereocenters. The SMILES string of the molecule is CC(C)Cc1ccc(C(NC(=O)CC(C)(C(=O)O)c2ccccc2)c2cccs2)cc1. The molecular weight excluding hydrogens is 406 g/mol. The van der Waals surface area contributed by atoms with Gasteiger partial charge in [0.1, 0.15) is 0 Å². The first-order chi connectivity index (χ1) is 14.8. The van der Waals surface area contributed by atoms with Crippen molar-refractivity contribution in [1.29, 1.82) is 0 Å². The van der Waals surface area contributed by atoms with Gasteiger partial charge in [0.15, 0.2) is 0 Å². The predicted octanol–water partition coefficient (Wildman–Crippen LogP) is 5.58. The zero-order valence-corrected chi connectivity index (χ0v) is 19.0. The molecule has 1 amide bonds. The number of nitrogens with one attached hydrogen (secondary N) is 1. The summed E-state index contributed by atoms with van der Waals surface area (Å²) in [6, 6.07) is 20.9. The van der Waals surface area contributed by atoms with E-state index in [1.54, 1.807) is 42.5 Å². The van der Waals surface area contributed by atoms with Crippen LogP contribution in [0.3, 0.4) is 0 Å². The van der Waals surface area contributed by atoms with Crippen molar-refractivity contribution in [3.05, 3.63) is 93.7 Å². The van der Waals surface area contributed by atoms with Crippen molar-refractivity contribution >= 4 is 23.2 Å². The van der Waals surface area contributed by atoms with Crippen molar-refractivity contribution < 1.29 is 14.7 Å². The van der Waals surface area contributed by atoms with Gasteiger partial charge in [-0.1, -0.05) is 74.5 Å². The minimum atomic E-state index is -1.30. The highest BCUT2D eigenvalue weighted by Crippen LogP contribution is 2.31. The molecule has 1 heterocycles. The summed E-state index contributed by atoms with van der Waals surface area (Å²) in [5.74, 6) is -0.733. The molecule has 2 aromatic carbocycles. The lowest BCUT2D eigenvalue weighted by molar-refractivity contribution is -0.145. The maximum atomic E-state index is 13.1. The third-order valence-corrected chi connectivity index (χ3v) is 6.42. The molecule has 0 bridgehead atoms. The molecule has 0 saturated carbocycles. The fraction of sp³-hybridized carbons (Fsp3) is 0.308. The number of benzene rings is 2. The first kappa shape index (κ1) is 22.8. The Morgan fingerprint density at radius 3 is 2.23 bits per heavy atom. The maximum Gasteiger partial charge on any atom is 0.314 e. The van der Waals surface area contributed by atoms with E-state index in [9.17, 15) is 14.7 Å². The van der Waals surface area contributed by atoms with Crippen LogP contribution in [0, 0.1) is 5.92 Å². The van der Waals surface area contributed by atoms with Crippen molar-refractivity contribution in [2.24, 2.45) is 5.92 Å². The van der Waals surface area contributed by atoms with Gasteiger partial charge in [0.25, 0.3) is 0 Å². The van der Waals surface area contributed by atoms with Crippen LogP contribution in [0.15, 0.2) is 72.1 Å². The number of hydrogen-bond acceptors (Lipinski definition) is 3. The quantitative estimate of drug-likeness (QED) is 0.461. The molecule has 0 aliphatic carbocycles. The van der Waals surface area contributed by atoms with Gasteiger partial charge in [0, 0.05) is 11.3 Å². The van der Waals surface area contributed by atoms with Crippen LogP contribution in [0.5, 0.6) is 0 Å². The molecular formula is C26H29NO3S. The second-order valence-corrected chi connectivity index (χ2v) is 9.51. The summed E-state index contributed by atoms with van der Waals surface area (Å²) >= 11 is 1.57. The van der Waals surface area contributed by atoms with Gasteiger partial charge in [-0.2, -0.15) is 0 Å². The van der Waals surface area contributed by atoms with E-state index in [0.29, 0.717) is 11.5 Å². The third kappa shape index (κ3) is 5.61. The van der Waals surface area contributed by atoms with Crippen LogP contribution < -0.4 is 5.32 Å². The van der Waals surface area contributed by atoms with Gasteiger partial charge >= 0.3 is 5.97 Å². The summed E-state index contributed by atoms with van der Waals surface area (Å²) in [7, 11) is 0. The van der Waals surface area contributed by atoms with Gasteiger partial charge in [-0.25, -0.2) is 0 Å². The summed E-state index contributed by atoms with van der Waals surface area (Å²) in [6.45, 7) is 5.98. The second kappa shape index (κ2) is 9.92. The largest absolute Gasteiger partial charge is 0.481 e. The number of carboxylic acids is 1. The fourth-order valence-corrected chi connectivity index (χ4v) is 4.53. The highest BCUT2D eigenvalue weighted by molar-refractivity contribution is 7.10. The minimum Gasteiger partial charge on any atom is -0.481 e. The van der Waals surface area contributed by atoms with Crippen LogP contribution in [0.4, 0.5) is 0 Å². The Kier molecular flexibility index (Phi) is 7.29. The molecule has 3 aromatic rings. The number of thiophene rings is 1. The van der Waals surface area contributed by atoms with Crippen LogP contribution in [0.2, 0.25) is 0 Å². The molecule has 0 spiro atoms. The van der Waals surface area contributed by atoms with Crippen LogP contribution >= 0.6 is 11.3 Å². The normalized spacial score (nSPS) is 14.1. The lowest BCUT2D eigenvalue weighted by Crippen LogP contribution is -2.40. The average molecular weight is 436 g/mol. The van der Waals surface area contributed by atoms with Gasteiger partial charge in [-0.3, -0.25) is 9.59 Å². The monoisotopic (exact) mass is 435 g/mol. The fourth-order valence-electron chi connectivity index (χ4n) is 3.73. The van der Waals surface area contributed by atoms with Crippen LogP contribution in [-0.2, 0) is 21.4 Å². The maximum absolute atomic E-state index is 13.1. The van der Waals surface area contributed by atoms with E-state index in [0.717, 1.165) is 16.9 Å². The Morgan fingerprint density at radius 1 is 1.00 bits per heavy atom. The van der Waals surface area contributed by atoms with Crippen LogP contribution in [0.1, 0.15) is 54.8 Å². The third-order valence-electron chi connectivity index (χ3n) is 5.49. The number of rotatable bonds is 9. The first-order valence-electron chi connectivity index (χ1n) is 10.5. The molecule has 0 aliphatic heterocycles. The Labute approximate surface area is 188 Å². The second-order valence-electron chi connectivity index (χ2n) is 8.54. The predicted molar refractivity (Wildman–Crippen MR) is 125 cm³/mol. The molecule has 0 saturated heterocycles. The zero-order valence-electron chi connectivity index (χ0n) is 18.2. The molecule has 4 nitrogen and oxygen atoms in total. The molecule has 0 radical (unpaired) electrons. The van der Waals surface area contributed by atoms with Crippen molar-refractivity contribution in [3.8, 4) is 0 Å². The number of amides is 1. The van der Waals surface area contributed by atoms with E-state index in [4.69, 9.17) is 0 Å². The lowest BCUT2D eigenvalue weighted by Gasteiger charge is -2.26. The molecule has 0 aliphatic rings. The van der Waals surface area contributed by atoms with E-state index in [1.807, 2.05) is 23.6 Å². The van der Waals surface area contributed by atoms with Gasteiger partial charge in [-0.05, 0) is 47.4 Å². The first-order valence-corrected chi connectivity index (χ1v) is 11.4. The van der Waals surface area contributed by atoms with Crippen LogP contribution in [-0.4, -0.2) is 17.0 Å². The van der Waals surface area contributed by atoms with Crippen LogP contribution in [0.25, 0.3) is 0 Å². The van der Waals surface area contributed by atoms with E-state index >= 15 is 0 Å². The minimum absolute atomic E-state index is 0.139. The van der Waals surface area contributed by atoms with Gasteiger partial charge < -0.3 is 10.4 Å². The van der Waals surface area contributed by atoms with E-state index in [-0.39, 0.29) is 18.4 Å². The van der Waals surface area contributed by atoms with Crippen molar-refractivity contribution in [2.45, 2.75) is 45.1 Å². The number of carbonyl (C=O) groups excluding carboxylic acids is 1. The Balaban J connectivity index is 1.83. The average Bonchev–Trinajstić information content (AvgIpc) is 3.27. The molecule has 1 aromatic heterocycles. The number of aliphatic carboxylic acids is 1. The van der Waals surface area contributed by atoms with Crippen molar-refractivity contribution in [2.75, 3.05) is 0 Å². The van der Waals surface area contributed by atoms with E-state index in [2.05, 4.69) is 43.4 Å². The topological polar surface area (TPSA) is 66.4 Å². The zero-order chi connectivity index (χ0) is 22.4. The van der Waals surface area contributed by atoms with E-state index < -0.39 is 11.4 Å². The molecule has 2 unspecified atom stereocenters. The Bertz CT molecular complexity index is 997. The lowest BCUT2D eigenvalue weighted by atomic mass is 9.79. The summed E-state index contributed by atoms with van der Waals surface area (Å²) in [6.07, 6.45) is 0.865. The number of carboxylic acid groups (broad SMARTS) is 1. The van der Waals surface area contributed by atoms with Gasteiger partial charge in [0.2, 0.25) is 5.91 Å². The molecule has 0 fully saturated rings. The van der Waals surface area contributed by atoms with Crippen molar-refractivity contribution in [1.82, 2.24) is 5.32 Å². The molecule has 3 rings (SSSR count). The molecule has 5 heteroatoms. The summed E-state index contributed by atoms with van der Waals surface area (Å²) in [5, 5.41) is 15.0. The summed E-state index contributed by atoms with van der Waals surface area (Å²) in [4.78, 5) is 26.2. The smallest absolute Gasteiger partial charge is 0.314 e. The van der Waals surface area contributed by atoms with E-state index in [1.165, 1.54) is 5.56 Å². The summed E-state index contributed by atoms with van der Waals surface area (Å²) in [5.41, 5.74) is 1.56. The van der Waals surface area contributed by atoms with Gasteiger partial charge in [-0.15, -0.1) is 11.3 Å². The summed E-state index contributed by atoms with van der Waals surface area (Å²) < 4.78 is 0.